The first-order valence-electron chi connectivity index (χ1n) is 10.2. The summed E-state index contributed by atoms with van der Waals surface area (Å²) in [5.41, 5.74) is 0.712. The minimum absolute atomic E-state index is 0.0140. The Kier molecular flexibility index (Phi) is 9.68. The predicted molar refractivity (Wildman–Crippen MR) is 126 cm³/mol. The molecular formula is C21H28ClN3O6S2. The van der Waals surface area contributed by atoms with Gasteiger partial charge in [0.15, 0.2) is 6.61 Å². The molecule has 2 aromatic rings. The first-order chi connectivity index (χ1) is 15.5. The standard InChI is InChI=1S/C21H28ClN3O6S2/c1-4-5-12-24-32(27,28)18-10-11-20(19(22)13-18)31-15-21(26)23-14-16-6-8-17(9-7-16)33(29,30)25(2)3/h6-11,13,24H,4-5,12,14-15H2,1-3H3,(H,23,26). The molecule has 12 heteroatoms. The summed E-state index contributed by atoms with van der Waals surface area (Å²) in [4.78, 5) is 12.3. The summed E-state index contributed by atoms with van der Waals surface area (Å²) in [6.45, 7) is 2.15. The highest BCUT2D eigenvalue weighted by molar-refractivity contribution is 7.89. The molecular weight excluding hydrogens is 490 g/mol. The summed E-state index contributed by atoms with van der Waals surface area (Å²) >= 11 is 6.13. The number of rotatable bonds is 12. The van der Waals surface area contributed by atoms with E-state index in [-0.39, 0.29) is 33.7 Å². The van der Waals surface area contributed by atoms with Gasteiger partial charge >= 0.3 is 0 Å². The van der Waals surface area contributed by atoms with E-state index in [2.05, 4.69) is 10.0 Å². The molecule has 0 atom stereocenters. The third-order valence-electron chi connectivity index (χ3n) is 4.59. The van der Waals surface area contributed by atoms with Crippen molar-refractivity contribution >= 4 is 37.6 Å². The molecule has 1 amide bonds. The van der Waals surface area contributed by atoms with Gasteiger partial charge < -0.3 is 10.1 Å². The van der Waals surface area contributed by atoms with Gasteiger partial charge in [-0.15, -0.1) is 0 Å². The molecule has 0 aliphatic rings. The van der Waals surface area contributed by atoms with Crippen LogP contribution in [0.15, 0.2) is 52.3 Å². The average molecular weight is 518 g/mol. The van der Waals surface area contributed by atoms with Gasteiger partial charge in [-0.25, -0.2) is 25.9 Å². The number of sulfonamides is 2. The number of hydrogen-bond donors (Lipinski definition) is 2. The highest BCUT2D eigenvalue weighted by Gasteiger charge is 2.17. The molecule has 0 saturated carbocycles. The number of carbonyl (C=O) groups is 1. The molecule has 0 radical (unpaired) electrons. The first-order valence-corrected chi connectivity index (χ1v) is 13.5. The van der Waals surface area contributed by atoms with Crippen LogP contribution in [0.1, 0.15) is 25.3 Å². The van der Waals surface area contributed by atoms with E-state index in [1.165, 1.54) is 44.4 Å². The van der Waals surface area contributed by atoms with Crippen LogP contribution in [0.3, 0.4) is 0 Å². The maximum atomic E-state index is 12.3. The molecule has 0 heterocycles. The van der Waals surface area contributed by atoms with Crippen molar-refractivity contribution in [2.24, 2.45) is 0 Å². The third-order valence-corrected chi connectivity index (χ3v) is 8.17. The third kappa shape index (κ3) is 7.68. The number of unbranched alkanes of at least 4 members (excludes halogenated alkanes) is 1. The molecule has 182 valence electrons. The van der Waals surface area contributed by atoms with Crippen molar-refractivity contribution in [3.63, 3.8) is 0 Å². The Labute approximate surface area is 200 Å². The molecule has 33 heavy (non-hydrogen) atoms. The van der Waals surface area contributed by atoms with Gasteiger partial charge in [0.1, 0.15) is 5.75 Å². The van der Waals surface area contributed by atoms with E-state index < -0.39 is 26.0 Å². The molecule has 0 aliphatic heterocycles. The van der Waals surface area contributed by atoms with Crippen LogP contribution in [0.4, 0.5) is 0 Å². The van der Waals surface area contributed by atoms with Crippen molar-refractivity contribution in [3.05, 3.63) is 53.1 Å². The molecule has 0 unspecified atom stereocenters. The second-order valence-electron chi connectivity index (χ2n) is 7.34. The summed E-state index contributed by atoms with van der Waals surface area (Å²) in [6, 6.07) is 10.2. The van der Waals surface area contributed by atoms with Gasteiger partial charge in [-0.05, 0) is 42.3 Å². The number of nitrogens with one attached hydrogen (secondary N) is 2. The molecule has 2 N–H and O–H groups in total. The summed E-state index contributed by atoms with van der Waals surface area (Å²) in [5.74, 6) is -0.244. The minimum Gasteiger partial charge on any atom is -0.482 e. The van der Waals surface area contributed by atoms with Crippen LogP contribution in [0.25, 0.3) is 0 Å². The largest absolute Gasteiger partial charge is 0.482 e. The zero-order valence-corrected chi connectivity index (χ0v) is 21.1. The Balaban J connectivity index is 1.89. The Morgan fingerprint density at radius 3 is 2.24 bits per heavy atom. The lowest BCUT2D eigenvalue weighted by Crippen LogP contribution is -2.28. The Morgan fingerprint density at radius 1 is 1.03 bits per heavy atom. The molecule has 0 spiro atoms. The van der Waals surface area contributed by atoms with Crippen LogP contribution in [0, 0.1) is 0 Å². The number of halogens is 1. The lowest BCUT2D eigenvalue weighted by Gasteiger charge is -2.12. The van der Waals surface area contributed by atoms with Crippen molar-refractivity contribution in [2.75, 3.05) is 27.2 Å². The monoisotopic (exact) mass is 517 g/mol. The van der Waals surface area contributed by atoms with Crippen molar-refractivity contribution in [1.82, 2.24) is 14.3 Å². The van der Waals surface area contributed by atoms with Crippen molar-refractivity contribution in [2.45, 2.75) is 36.1 Å². The number of hydrogen-bond acceptors (Lipinski definition) is 6. The normalized spacial score (nSPS) is 12.0. The summed E-state index contributed by atoms with van der Waals surface area (Å²) in [5, 5.41) is 2.73. The van der Waals surface area contributed by atoms with Gasteiger partial charge in [0.25, 0.3) is 5.91 Å². The van der Waals surface area contributed by atoms with E-state index in [1.807, 2.05) is 6.92 Å². The smallest absolute Gasteiger partial charge is 0.258 e. The second-order valence-corrected chi connectivity index (χ2v) is 11.7. The quantitative estimate of drug-likeness (QED) is 0.417. The highest BCUT2D eigenvalue weighted by atomic mass is 35.5. The van der Waals surface area contributed by atoms with Crippen LogP contribution < -0.4 is 14.8 Å². The van der Waals surface area contributed by atoms with Crippen molar-refractivity contribution < 1.29 is 26.4 Å². The highest BCUT2D eigenvalue weighted by Crippen LogP contribution is 2.27. The predicted octanol–water partition coefficient (Wildman–Crippen LogP) is 2.36. The fraction of sp³-hybridized carbons (Fsp3) is 0.381. The van der Waals surface area contributed by atoms with Crippen LogP contribution in [-0.4, -0.2) is 54.3 Å². The lowest BCUT2D eigenvalue weighted by molar-refractivity contribution is -0.123. The SMILES string of the molecule is CCCCNS(=O)(=O)c1ccc(OCC(=O)NCc2ccc(S(=O)(=O)N(C)C)cc2)c(Cl)c1. The van der Waals surface area contributed by atoms with Crippen LogP contribution in [-0.2, 0) is 31.4 Å². The van der Waals surface area contributed by atoms with Crippen LogP contribution in [0.5, 0.6) is 5.75 Å². The number of benzene rings is 2. The van der Waals surface area contributed by atoms with Crippen molar-refractivity contribution in [1.29, 1.82) is 0 Å². The Hall–Kier alpha value is -2.18. The van der Waals surface area contributed by atoms with Gasteiger partial charge in [0, 0.05) is 27.2 Å². The number of ether oxygens (including phenoxy) is 1. The first kappa shape index (κ1) is 27.1. The topological polar surface area (TPSA) is 122 Å². The molecule has 0 bridgehead atoms. The van der Waals surface area contributed by atoms with Gasteiger partial charge in [-0.3, -0.25) is 4.79 Å². The van der Waals surface area contributed by atoms with E-state index >= 15 is 0 Å². The zero-order chi connectivity index (χ0) is 24.6. The summed E-state index contributed by atoms with van der Waals surface area (Å²) in [6.07, 6.45) is 1.59. The molecule has 0 aliphatic carbocycles. The van der Waals surface area contributed by atoms with E-state index in [1.54, 1.807) is 12.1 Å². The fourth-order valence-corrected chi connectivity index (χ4v) is 4.92. The van der Waals surface area contributed by atoms with Gasteiger partial charge in [-0.2, -0.15) is 0 Å². The van der Waals surface area contributed by atoms with Gasteiger partial charge in [0.2, 0.25) is 20.0 Å². The Bertz CT molecular complexity index is 1170. The minimum atomic E-state index is -3.67. The molecule has 2 aromatic carbocycles. The number of carbonyl (C=O) groups excluding carboxylic acids is 1. The molecule has 0 fully saturated rings. The van der Waals surface area contributed by atoms with E-state index in [0.717, 1.165) is 17.1 Å². The summed E-state index contributed by atoms with van der Waals surface area (Å²) in [7, 11) is -4.28. The van der Waals surface area contributed by atoms with E-state index in [4.69, 9.17) is 16.3 Å². The lowest BCUT2D eigenvalue weighted by atomic mass is 10.2. The molecule has 2 rings (SSSR count). The van der Waals surface area contributed by atoms with Crippen LogP contribution in [0.2, 0.25) is 5.02 Å². The average Bonchev–Trinajstić information content (AvgIpc) is 2.77. The van der Waals surface area contributed by atoms with Crippen molar-refractivity contribution in [3.8, 4) is 5.75 Å². The number of nitrogens with zero attached hydrogens (tertiary/aromatic N) is 1. The maximum absolute atomic E-state index is 12.3. The van der Waals surface area contributed by atoms with E-state index in [0.29, 0.717) is 12.1 Å². The van der Waals surface area contributed by atoms with E-state index in [9.17, 15) is 21.6 Å². The van der Waals surface area contributed by atoms with Crippen LogP contribution >= 0.6 is 11.6 Å². The fourth-order valence-electron chi connectivity index (χ4n) is 2.62. The number of amides is 1. The molecule has 0 saturated heterocycles. The molecule has 0 aromatic heterocycles. The summed E-state index contributed by atoms with van der Waals surface area (Å²) < 4.78 is 57.7. The second kappa shape index (κ2) is 11.8. The maximum Gasteiger partial charge on any atom is 0.258 e. The van der Waals surface area contributed by atoms with Gasteiger partial charge in [0.05, 0.1) is 14.8 Å². The van der Waals surface area contributed by atoms with Gasteiger partial charge in [-0.1, -0.05) is 37.1 Å². The zero-order valence-electron chi connectivity index (χ0n) is 18.7. The Morgan fingerprint density at radius 2 is 1.67 bits per heavy atom. The molecule has 9 nitrogen and oxygen atoms in total.